The van der Waals surface area contributed by atoms with E-state index in [1.807, 2.05) is 35.1 Å². The van der Waals surface area contributed by atoms with Gasteiger partial charge in [0.2, 0.25) is 0 Å². The third kappa shape index (κ3) is 7.77. The number of methoxy groups -OCH3 is 1. The van der Waals surface area contributed by atoms with Crippen molar-refractivity contribution < 1.29 is 27.4 Å². The van der Waals surface area contributed by atoms with E-state index in [-0.39, 0.29) is 17.2 Å². The second kappa shape index (κ2) is 13.8. The number of alkyl halides is 3. The van der Waals surface area contributed by atoms with Crippen LogP contribution in [0.2, 0.25) is 0 Å². The van der Waals surface area contributed by atoms with Crippen LogP contribution in [0.15, 0.2) is 89.6 Å². The Bertz CT molecular complexity index is 2040. The number of nitrogens with zero attached hydrogens (tertiary/aromatic N) is 6. The molecule has 0 unspecified atom stereocenters. The molecule has 0 atom stereocenters. The number of urea groups is 1. The minimum Gasteiger partial charge on any atom is -0.497 e. The zero-order valence-electron chi connectivity index (χ0n) is 25.6. The molecule has 0 saturated heterocycles. The van der Waals surface area contributed by atoms with Gasteiger partial charge < -0.3 is 14.8 Å². The molecule has 0 fully saturated rings. The van der Waals surface area contributed by atoms with Crippen LogP contribution in [-0.2, 0) is 0 Å². The fourth-order valence-electron chi connectivity index (χ4n) is 4.64. The monoisotopic (exact) mass is 659 g/mol. The first-order valence-electron chi connectivity index (χ1n) is 14.2. The van der Waals surface area contributed by atoms with Gasteiger partial charge in [0, 0.05) is 22.8 Å². The number of rotatable bonds is 8. The van der Waals surface area contributed by atoms with Gasteiger partial charge in [0.15, 0.2) is 10.6 Å². The van der Waals surface area contributed by atoms with Gasteiger partial charge in [-0.1, -0.05) is 38.1 Å². The van der Waals surface area contributed by atoms with Crippen molar-refractivity contribution in [2.45, 2.75) is 33.1 Å². The summed E-state index contributed by atoms with van der Waals surface area (Å²) in [5.74, 6) is 0.943. The maximum absolute atomic E-state index is 12.9. The Labute approximate surface area is 271 Å². The quantitative estimate of drug-likeness (QED) is 0.175. The number of hydrogen-bond acceptors (Lipinski definition) is 7. The Morgan fingerprint density at radius 2 is 1.79 bits per heavy atom. The van der Waals surface area contributed by atoms with Gasteiger partial charge in [-0.05, 0) is 66.4 Å². The third-order valence-corrected chi connectivity index (χ3v) is 7.86. The summed E-state index contributed by atoms with van der Waals surface area (Å²) in [6, 6.07) is 19.2. The number of carbonyl (C=O) groups is 1. The minimum atomic E-state index is -4.78. The Morgan fingerprint density at radius 1 is 1.09 bits per heavy atom. The van der Waals surface area contributed by atoms with E-state index in [0.717, 1.165) is 22.7 Å². The maximum atomic E-state index is 12.9. The molecule has 0 aliphatic carbocycles. The van der Waals surface area contributed by atoms with E-state index in [0.29, 0.717) is 27.4 Å². The lowest BCUT2D eigenvalue weighted by Crippen LogP contribution is -2.22. The van der Waals surface area contributed by atoms with Crippen molar-refractivity contribution in [3.8, 4) is 40.3 Å². The molecule has 5 rings (SSSR count). The van der Waals surface area contributed by atoms with Gasteiger partial charge >= 0.3 is 12.4 Å². The smallest absolute Gasteiger partial charge is 0.497 e. The van der Waals surface area contributed by atoms with Crippen LogP contribution in [0.25, 0.3) is 28.3 Å². The van der Waals surface area contributed by atoms with Gasteiger partial charge in [-0.2, -0.15) is 10.3 Å². The van der Waals surface area contributed by atoms with Crippen molar-refractivity contribution in [2.75, 3.05) is 7.11 Å². The van der Waals surface area contributed by atoms with Crippen LogP contribution < -0.4 is 19.6 Å². The van der Waals surface area contributed by atoms with Crippen LogP contribution in [0.1, 0.15) is 36.6 Å². The van der Waals surface area contributed by atoms with Gasteiger partial charge in [-0.3, -0.25) is 4.57 Å². The Hall–Kier alpha value is -5.68. The molecule has 47 heavy (non-hydrogen) atoms. The number of hydrogen-bond donors (Lipinski definition) is 1. The fourth-order valence-corrected chi connectivity index (χ4v) is 5.51. The summed E-state index contributed by atoms with van der Waals surface area (Å²) in [5, 5.41) is 18.7. The number of ether oxygens (including phenoxy) is 2. The molecule has 0 radical (unpaired) electrons. The molecule has 5 aromatic rings. The maximum Gasteiger partial charge on any atom is 0.573 e. The summed E-state index contributed by atoms with van der Waals surface area (Å²) < 4.78 is 49.9. The Kier molecular flexibility index (Phi) is 9.57. The average Bonchev–Trinajstić information content (AvgIpc) is 3.68. The van der Waals surface area contributed by atoms with Crippen LogP contribution in [-0.4, -0.2) is 38.8 Å². The summed E-state index contributed by atoms with van der Waals surface area (Å²) in [4.78, 5) is 21.9. The molecule has 0 bridgehead atoms. The highest BCUT2D eigenvalue weighted by Gasteiger charge is 2.31. The first-order valence-corrected chi connectivity index (χ1v) is 15.0. The third-order valence-electron chi connectivity index (χ3n) is 6.91. The van der Waals surface area contributed by atoms with Gasteiger partial charge in [0.25, 0.3) is 0 Å². The standard InChI is InChI=1S/C33H28F3N7O3S/c1-20(2)28-15-27(45-4)13-14-29(28)43-21(3)18-47-32(43)40-31(44)38-17-24(16-37)22-5-7-23(8-6-22)30-39-19-42(41-30)25-9-11-26(12-10-25)46-33(34,35)36/h5-15,17-20H,1-4H3,(H,38,44)/b24-17+,40-32-. The fraction of sp³-hybridized carbons (Fsp3) is 0.182. The van der Waals surface area contributed by atoms with Crippen LogP contribution in [0.3, 0.4) is 0 Å². The molecule has 3 aromatic carbocycles. The van der Waals surface area contributed by atoms with Gasteiger partial charge in [-0.25, -0.2) is 14.5 Å². The predicted octanol–water partition coefficient (Wildman–Crippen LogP) is 7.30. The number of nitrogens with one attached hydrogen (secondary N) is 1. The van der Waals surface area contributed by atoms with Crippen molar-refractivity contribution in [1.82, 2.24) is 24.6 Å². The summed E-state index contributed by atoms with van der Waals surface area (Å²) in [6.07, 6.45) is -2.05. The minimum absolute atomic E-state index is 0.190. The van der Waals surface area contributed by atoms with E-state index < -0.39 is 12.4 Å². The lowest BCUT2D eigenvalue weighted by atomic mass is 10.0. The van der Waals surface area contributed by atoms with Gasteiger partial charge in [-0.15, -0.1) is 29.6 Å². The normalized spacial score (nSPS) is 12.2. The first-order chi connectivity index (χ1) is 22.5. The molecular weight excluding hydrogens is 631 g/mol. The molecule has 14 heteroatoms. The molecule has 10 nitrogen and oxygen atoms in total. The van der Waals surface area contributed by atoms with Crippen molar-refractivity contribution in [3.63, 3.8) is 0 Å². The Morgan fingerprint density at radius 3 is 2.43 bits per heavy atom. The van der Waals surface area contributed by atoms with E-state index in [1.54, 1.807) is 31.4 Å². The Balaban J connectivity index is 1.31. The zero-order valence-corrected chi connectivity index (χ0v) is 26.4. The molecule has 240 valence electrons. The molecule has 0 spiro atoms. The van der Waals surface area contributed by atoms with Gasteiger partial charge in [0.05, 0.1) is 24.1 Å². The van der Waals surface area contributed by atoms with E-state index in [4.69, 9.17) is 4.74 Å². The number of halogens is 3. The van der Waals surface area contributed by atoms with Crippen LogP contribution in [0.4, 0.5) is 18.0 Å². The lowest BCUT2D eigenvalue weighted by Gasteiger charge is -2.16. The molecule has 0 saturated carbocycles. The first kappa shape index (κ1) is 32.7. The van der Waals surface area contributed by atoms with Crippen molar-refractivity contribution in [2.24, 2.45) is 4.99 Å². The number of allylic oxidation sites excluding steroid dienone is 1. The summed E-state index contributed by atoms with van der Waals surface area (Å²) in [7, 11) is 1.62. The number of thiazole rings is 1. The number of nitriles is 1. The molecule has 1 N–H and O–H groups in total. The van der Waals surface area contributed by atoms with Crippen molar-refractivity contribution in [3.05, 3.63) is 106 Å². The van der Waals surface area contributed by atoms with Gasteiger partial charge in [0.1, 0.15) is 23.9 Å². The highest BCUT2D eigenvalue weighted by molar-refractivity contribution is 7.07. The largest absolute Gasteiger partial charge is 0.573 e. The van der Waals surface area contributed by atoms with E-state index in [2.05, 4.69) is 45.0 Å². The molecule has 2 aromatic heterocycles. The van der Waals surface area contributed by atoms with Crippen LogP contribution in [0, 0.1) is 18.3 Å². The number of benzene rings is 3. The molecule has 0 aliphatic rings. The number of aryl methyl sites for hydroxylation is 1. The highest BCUT2D eigenvalue weighted by Crippen LogP contribution is 2.28. The average molecular weight is 660 g/mol. The van der Waals surface area contributed by atoms with Crippen LogP contribution in [0.5, 0.6) is 11.5 Å². The predicted molar refractivity (Wildman–Crippen MR) is 170 cm³/mol. The second-order valence-corrected chi connectivity index (χ2v) is 11.3. The van der Waals surface area contributed by atoms with Crippen molar-refractivity contribution >= 4 is 22.9 Å². The second-order valence-electron chi connectivity index (χ2n) is 10.4. The molecule has 0 aliphatic heterocycles. The van der Waals surface area contributed by atoms with E-state index in [9.17, 15) is 23.2 Å². The summed E-state index contributed by atoms with van der Waals surface area (Å²) in [6.45, 7) is 6.10. The SMILES string of the molecule is COc1ccc(-n2c(C)cs/c2=N\C(=O)N/C=C(\C#N)c2ccc(-c3ncn(-c4ccc(OC(F)(F)F)cc4)n3)cc2)c(C(C)C)c1. The number of carbonyl (C=O) groups excluding carboxylic acids is 1. The number of amides is 2. The van der Waals surface area contributed by atoms with Crippen LogP contribution >= 0.6 is 11.3 Å². The lowest BCUT2D eigenvalue weighted by molar-refractivity contribution is -0.274. The highest BCUT2D eigenvalue weighted by atomic mass is 32.1. The summed E-state index contributed by atoms with van der Waals surface area (Å²) >= 11 is 1.33. The van der Waals surface area contributed by atoms with Crippen molar-refractivity contribution in [1.29, 1.82) is 5.26 Å². The molecule has 2 heterocycles. The molecule has 2 amide bonds. The van der Waals surface area contributed by atoms with E-state index >= 15 is 0 Å². The topological polar surface area (TPSA) is 119 Å². The number of aromatic nitrogens is 4. The summed E-state index contributed by atoms with van der Waals surface area (Å²) in [5.41, 5.74) is 4.71. The molecular formula is C33H28F3N7O3S. The zero-order chi connectivity index (χ0) is 33.7. The van der Waals surface area contributed by atoms with E-state index in [1.165, 1.54) is 52.8 Å².